The highest BCUT2D eigenvalue weighted by molar-refractivity contribution is 7.80. The number of nitro benzene ring substituents is 1. The molecule has 64 valence electrons. The van der Waals surface area contributed by atoms with Crippen LogP contribution in [0.2, 0.25) is 0 Å². The molecule has 0 radical (unpaired) electrons. The summed E-state index contributed by atoms with van der Waals surface area (Å²) in [6.07, 6.45) is 0. The van der Waals surface area contributed by atoms with Crippen LogP contribution in [-0.4, -0.2) is 10.0 Å². The van der Waals surface area contributed by atoms with Crippen molar-refractivity contribution in [3.63, 3.8) is 0 Å². The van der Waals surface area contributed by atoms with Gasteiger partial charge in [-0.25, -0.2) is 0 Å². The predicted molar refractivity (Wildman–Crippen MR) is 46.8 cm³/mol. The smallest absolute Gasteiger partial charge is 0.274 e. The molecule has 4 nitrogen and oxygen atoms in total. The third kappa shape index (κ3) is 1.50. The maximum atomic E-state index is 10.3. The van der Waals surface area contributed by atoms with E-state index in [0.717, 1.165) is 6.07 Å². The normalized spacial score (nSPS) is 9.83. The van der Waals surface area contributed by atoms with Gasteiger partial charge in [0.15, 0.2) is 0 Å². The Kier molecular flexibility index (Phi) is 2.23. The first-order valence-electron chi connectivity index (χ1n) is 3.19. The van der Waals surface area contributed by atoms with Gasteiger partial charge >= 0.3 is 0 Å². The van der Waals surface area contributed by atoms with E-state index in [1.807, 2.05) is 0 Å². The van der Waals surface area contributed by atoms with Gasteiger partial charge in [0.1, 0.15) is 5.75 Å². The van der Waals surface area contributed by atoms with E-state index in [0.29, 0.717) is 10.5 Å². The number of rotatable bonds is 1. The first-order chi connectivity index (χ1) is 5.52. The molecule has 0 saturated heterocycles. The Morgan fingerprint density at radius 1 is 1.58 bits per heavy atom. The van der Waals surface area contributed by atoms with E-state index in [1.165, 1.54) is 6.07 Å². The number of nitro groups is 1. The Bertz CT molecular complexity index is 314. The summed E-state index contributed by atoms with van der Waals surface area (Å²) in [6, 6.07) is 2.41. The van der Waals surface area contributed by atoms with Crippen LogP contribution in [0.3, 0.4) is 0 Å². The Labute approximate surface area is 74.4 Å². The molecule has 0 atom stereocenters. The average molecular weight is 185 g/mol. The molecule has 1 N–H and O–H groups in total. The fourth-order valence-corrected chi connectivity index (χ4v) is 1.02. The summed E-state index contributed by atoms with van der Waals surface area (Å²) < 4.78 is 0. The van der Waals surface area contributed by atoms with Gasteiger partial charge < -0.3 is 5.11 Å². The summed E-state index contributed by atoms with van der Waals surface area (Å²) in [6.45, 7) is 1.64. The van der Waals surface area contributed by atoms with E-state index < -0.39 is 4.92 Å². The van der Waals surface area contributed by atoms with Gasteiger partial charge in [0.25, 0.3) is 5.69 Å². The highest BCUT2D eigenvalue weighted by Gasteiger charge is 2.10. The first-order valence-corrected chi connectivity index (χ1v) is 3.64. The van der Waals surface area contributed by atoms with Gasteiger partial charge in [-0.15, -0.1) is 12.6 Å². The second-order valence-electron chi connectivity index (χ2n) is 2.37. The maximum Gasteiger partial charge on any atom is 0.274 e. The number of phenols is 1. The Morgan fingerprint density at radius 3 is 2.58 bits per heavy atom. The van der Waals surface area contributed by atoms with E-state index in [9.17, 15) is 15.2 Å². The Balaban J connectivity index is 3.31. The number of non-ortho nitro benzene ring substituents is 1. The van der Waals surface area contributed by atoms with Crippen molar-refractivity contribution in [2.75, 3.05) is 0 Å². The van der Waals surface area contributed by atoms with Crippen LogP contribution in [0.1, 0.15) is 5.56 Å². The van der Waals surface area contributed by atoms with Crippen molar-refractivity contribution in [1.82, 2.24) is 0 Å². The second kappa shape index (κ2) is 3.02. The highest BCUT2D eigenvalue weighted by Crippen LogP contribution is 2.28. The van der Waals surface area contributed by atoms with Crippen molar-refractivity contribution in [3.8, 4) is 5.75 Å². The lowest BCUT2D eigenvalue weighted by Gasteiger charge is -2.00. The van der Waals surface area contributed by atoms with Gasteiger partial charge in [0.05, 0.1) is 11.0 Å². The van der Waals surface area contributed by atoms with Crippen LogP contribution in [0.25, 0.3) is 0 Å². The molecule has 0 fully saturated rings. The van der Waals surface area contributed by atoms with E-state index in [1.54, 1.807) is 6.92 Å². The Morgan fingerprint density at radius 2 is 2.17 bits per heavy atom. The molecule has 0 amide bonds. The molecule has 1 aromatic carbocycles. The van der Waals surface area contributed by atoms with Crippen LogP contribution in [0.5, 0.6) is 5.75 Å². The van der Waals surface area contributed by atoms with Crippen molar-refractivity contribution < 1.29 is 10.0 Å². The minimum atomic E-state index is -0.571. The molecule has 0 aliphatic rings. The number of hydrogen-bond donors (Lipinski definition) is 2. The van der Waals surface area contributed by atoms with Crippen molar-refractivity contribution in [2.24, 2.45) is 0 Å². The fourth-order valence-electron chi connectivity index (χ4n) is 0.775. The molecule has 0 bridgehead atoms. The van der Waals surface area contributed by atoms with E-state index in [2.05, 4.69) is 12.6 Å². The summed E-state index contributed by atoms with van der Waals surface area (Å²) in [5, 5.41) is 19.5. The maximum absolute atomic E-state index is 10.3. The standard InChI is InChI=1S/C7H7NO3S/c1-4-6(9)2-5(8(10)11)3-7(4)12/h2-3,9,12H,1H3. The number of hydrogen-bond acceptors (Lipinski definition) is 4. The molecule has 0 unspecified atom stereocenters. The zero-order valence-electron chi connectivity index (χ0n) is 6.31. The van der Waals surface area contributed by atoms with E-state index >= 15 is 0 Å². The summed E-state index contributed by atoms with van der Waals surface area (Å²) in [5.74, 6) is -0.103. The van der Waals surface area contributed by atoms with Gasteiger partial charge in [-0.3, -0.25) is 10.1 Å². The molecule has 0 aliphatic heterocycles. The zero-order chi connectivity index (χ0) is 9.30. The summed E-state index contributed by atoms with van der Waals surface area (Å²) >= 11 is 3.97. The zero-order valence-corrected chi connectivity index (χ0v) is 7.21. The quantitative estimate of drug-likeness (QED) is 0.399. The van der Waals surface area contributed by atoms with Gasteiger partial charge in [-0.1, -0.05) is 0 Å². The minimum absolute atomic E-state index is 0.103. The van der Waals surface area contributed by atoms with Crippen molar-refractivity contribution in [2.45, 2.75) is 11.8 Å². The molecule has 0 heterocycles. The summed E-state index contributed by atoms with van der Waals surface area (Å²) in [7, 11) is 0. The molecular formula is C7H7NO3S. The van der Waals surface area contributed by atoms with Crippen LogP contribution >= 0.6 is 12.6 Å². The molecule has 1 rings (SSSR count). The van der Waals surface area contributed by atoms with Gasteiger partial charge in [0.2, 0.25) is 0 Å². The third-order valence-electron chi connectivity index (χ3n) is 1.55. The molecule has 0 saturated carbocycles. The molecule has 0 aliphatic carbocycles. The topological polar surface area (TPSA) is 63.4 Å². The molecule has 5 heteroatoms. The molecule has 1 aromatic rings. The van der Waals surface area contributed by atoms with E-state index in [4.69, 9.17) is 0 Å². The number of aromatic hydroxyl groups is 1. The van der Waals surface area contributed by atoms with Gasteiger partial charge in [-0.05, 0) is 6.92 Å². The van der Waals surface area contributed by atoms with Crippen molar-refractivity contribution in [3.05, 3.63) is 27.8 Å². The average Bonchev–Trinajstić information content (AvgIpc) is 1.99. The molecule has 12 heavy (non-hydrogen) atoms. The van der Waals surface area contributed by atoms with Crippen molar-refractivity contribution >= 4 is 18.3 Å². The fraction of sp³-hybridized carbons (Fsp3) is 0.143. The molecular weight excluding hydrogens is 178 g/mol. The van der Waals surface area contributed by atoms with Crippen LogP contribution in [0.15, 0.2) is 17.0 Å². The van der Waals surface area contributed by atoms with E-state index in [-0.39, 0.29) is 11.4 Å². The molecule has 0 aromatic heterocycles. The summed E-state index contributed by atoms with van der Waals surface area (Å²) in [5.41, 5.74) is 0.395. The first kappa shape index (κ1) is 8.86. The number of phenolic OH excluding ortho intramolecular Hbond substituents is 1. The second-order valence-corrected chi connectivity index (χ2v) is 2.85. The monoisotopic (exact) mass is 185 g/mol. The lowest BCUT2D eigenvalue weighted by Crippen LogP contribution is -1.89. The predicted octanol–water partition coefficient (Wildman–Crippen LogP) is 1.90. The minimum Gasteiger partial charge on any atom is -0.507 e. The van der Waals surface area contributed by atoms with Crippen LogP contribution in [0.4, 0.5) is 5.69 Å². The number of benzene rings is 1. The van der Waals surface area contributed by atoms with Gasteiger partial charge in [0, 0.05) is 16.5 Å². The van der Waals surface area contributed by atoms with Gasteiger partial charge in [-0.2, -0.15) is 0 Å². The van der Waals surface area contributed by atoms with Crippen LogP contribution in [0, 0.1) is 17.0 Å². The summed E-state index contributed by atoms with van der Waals surface area (Å²) in [4.78, 5) is 10.1. The molecule has 0 spiro atoms. The lowest BCUT2D eigenvalue weighted by atomic mass is 10.2. The van der Waals surface area contributed by atoms with Crippen LogP contribution < -0.4 is 0 Å². The SMILES string of the molecule is Cc1c(O)cc([N+](=O)[O-])cc1S. The van der Waals surface area contributed by atoms with Crippen LogP contribution in [-0.2, 0) is 0 Å². The third-order valence-corrected chi connectivity index (χ3v) is 2.01. The highest BCUT2D eigenvalue weighted by atomic mass is 32.1. The Hall–Kier alpha value is -1.23. The largest absolute Gasteiger partial charge is 0.507 e. The lowest BCUT2D eigenvalue weighted by molar-refractivity contribution is -0.385. The number of nitrogens with zero attached hydrogens (tertiary/aromatic N) is 1. The number of thiol groups is 1. The van der Waals surface area contributed by atoms with Crippen molar-refractivity contribution in [1.29, 1.82) is 0 Å².